The zero-order chi connectivity index (χ0) is 23.2. The summed E-state index contributed by atoms with van der Waals surface area (Å²) in [7, 11) is -5.19. The molecule has 0 aromatic heterocycles. The van der Waals surface area contributed by atoms with Crippen LogP contribution in [0.5, 0.6) is 0 Å². The first-order valence-electron chi connectivity index (χ1n) is 9.62. The molecule has 0 amide bonds. The minimum Gasteiger partial charge on any atom is -1.00 e. The van der Waals surface area contributed by atoms with Gasteiger partial charge in [0.25, 0.3) is 4.93 Å². The summed E-state index contributed by atoms with van der Waals surface area (Å²) in [5.41, 5.74) is 5.61. The molecule has 9 nitrogen and oxygen atoms in total. The third kappa shape index (κ3) is 9.27. The quantitative estimate of drug-likeness (QED) is 0.157. The number of carbonyl (C=O) groups is 2. The molecule has 0 aliphatic rings. The average molecular weight is 469 g/mol. The number of hydrogen-bond donors (Lipinski definition) is 4. The molecule has 0 bridgehead atoms. The molecule has 1 rings (SSSR count). The zero-order valence-corrected chi connectivity index (χ0v) is 21.6. The van der Waals surface area contributed by atoms with Crippen molar-refractivity contribution in [1.82, 2.24) is 5.32 Å². The molecule has 0 saturated carbocycles. The average Bonchev–Trinajstić information content (AvgIpc) is 2.62. The Morgan fingerprint density at radius 2 is 1.77 bits per heavy atom. The summed E-state index contributed by atoms with van der Waals surface area (Å²) in [5, 5.41) is 13.2. The van der Waals surface area contributed by atoms with Gasteiger partial charge in [0, 0.05) is 5.54 Å². The van der Waals surface area contributed by atoms with E-state index in [2.05, 4.69) is 5.32 Å². The maximum atomic E-state index is 12.5. The summed E-state index contributed by atoms with van der Waals surface area (Å²) >= 11 is 0. The van der Waals surface area contributed by atoms with E-state index in [1.165, 1.54) is 0 Å². The normalized spacial score (nSPS) is 15.0. The molecule has 31 heavy (non-hydrogen) atoms. The summed E-state index contributed by atoms with van der Waals surface area (Å²) in [6.07, 6.45) is -0.118. The molecule has 2 atom stereocenters. The Balaban J connectivity index is 0. The molecule has 2 unspecified atom stereocenters. The Hall–Kier alpha value is -0.850. The van der Waals surface area contributed by atoms with Crippen molar-refractivity contribution in [2.24, 2.45) is 11.7 Å². The van der Waals surface area contributed by atoms with Crippen LogP contribution >= 0.6 is 0 Å². The summed E-state index contributed by atoms with van der Waals surface area (Å²) in [5.74, 6) is -1.85. The van der Waals surface area contributed by atoms with E-state index in [1.54, 1.807) is 27.7 Å². The van der Waals surface area contributed by atoms with Crippen LogP contribution in [0.25, 0.3) is 0 Å². The molecule has 0 radical (unpaired) electrons. The maximum absolute atomic E-state index is 12.5. The number of hydrogen-bond acceptors (Lipinski definition) is 8. The van der Waals surface area contributed by atoms with Crippen LogP contribution in [0.1, 0.15) is 47.5 Å². The third-order valence-electron chi connectivity index (χ3n) is 4.58. The molecule has 0 spiro atoms. The molecule has 1 aromatic carbocycles. The van der Waals surface area contributed by atoms with Gasteiger partial charge in [-0.05, 0) is 31.7 Å². The van der Waals surface area contributed by atoms with E-state index >= 15 is 0 Å². The molecule has 0 fully saturated rings. The van der Waals surface area contributed by atoms with Crippen LogP contribution in [0, 0.1) is 5.92 Å². The Labute approximate surface area is 207 Å². The SMILES string of the molecule is CC(C)CC(N)C(O)(C(=O)CNC(C)(C)CC(=O)OCc1ccccc1)S(=O)(=O)O.[H-].[Na+]. The van der Waals surface area contributed by atoms with Crippen molar-refractivity contribution in [3.8, 4) is 0 Å². The second-order valence-electron chi connectivity index (χ2n) is 8.39. The zero-order valence-electron chi connectivity index (χ0n) is 19.8. The predicted molar refractivity (Wildman–Crippen MR) is 113 cm³/mol. The number of nitrogens with one attached hydrogen (secondary N) is 1. The van der Waals surface area contributed by atoms with Gasteiger partial charge in [-0.3, -0.25) is 14.1 Å². The van der Waals surface area contributed by atoms with Crippen LogP contribution in [0.3, 0.4) is 0 Å². The number of esters is 1. The van der Waals surface area contributed by atoms with Crippen LogP contribution < -0.4 is 40.6 Å². The summed E-state index contributed by atoms with van der Waals surface area (Å²) in [4.78, 5) is 21.5. The van der Waals surface area contributed by atoms with E-state index in [4.69, 9.17) is 10.5 Å². The molecule has 0 heterocycles. The number of ether oxygens (including phenoxy) is 1. The second kappa shape index (κ2) is 12.4. The molecule has 11 heteroatoms. The van der Waals surface area contributed by atoms with Crippen molar-refractivity contribution in [3.63, 3.8) is 0 Å². The standard InChI is InChI=1S/C20H32N2O7S.Na.H/c1-14(2)10-16(21)20(25,30(26,27)28)17(23)12-22-19(3,4)11-18(24)29-13-15-8-6-5-7-9-15;;/h5-9,14,16,22,25H,10-13,21H2,1-4H3,(H,26,27,28);;/q;+1;-1. The number of aliphatic hydroxyl groups is 1. The second-order valence-corrected chi connectivity index (χ2v) is 9.96. The van der Waals surface area contributed by atoms with Gasteiger partial charge in [0.05, 0.1) is 19.0 Å². The van der Waals surface area contributed by atoms with E-state index < -0.39 is 44.9 Å². The molecule has 172 valence electrons. The number of ketones is 1. The third-order valence-corrected chi connectivity index (χ3v) is 5.89. The largest absolute Gasteiger partial charge is 1.00 e. The number of nitrogens with two attached hydrogens (primary N) is 1. The molecule has 0 saturated heterocycles. The van der Waals surface area contributed by atoms with E-state index in [0.29, 0.717) is 0 Å². The van der Waals surface area contributed by atoms with Crippen molar-refractivity contribution in [1.29, 1.82) is 0 Å². The van der Waals surface area contributed by atoms with Crippen molar-refractivity contribution in [2.75, 3.05) is 6.54 Å². The van der Waals surface area contributed by atoms with E-state index in [1.807, 2.05) is 30.3 Å². The van der Waals surface area contributed by atoms with E-state index in [-0.39, 0.29) is 56.4 Å². The van der Waals surface area contributed by atoms with Gasteiger partial charge in [0.2, 0.25) is 0 Å². The number of rotatable bonds is 12. The van der Waals surface area contributed by atoms with Gasteiger partial charge in [-0.15, -0.1) is 0 Å². The number of Topliss-reactive ketones (excluding diaryl/α,β-unsaturated/α-hetero) is 1. The van der Waals surface area contributed by atoms with Gasteiger partial charge in [-0.1, -0.05) is 44.2 Å². The van der Waals surface area contributed by atoms with Crippen LogP contribution in [0.15, 0.2) is 30.3 Å². The Bertz CT molecular complexity index is 838. The Morgan fingerprint density at radius 3 is 2.26 bits per heavy atom. The summed E-state index contributed by atoms with van der Waals surface area (Å²) in [6, 6.07) is 7.59. The Morgan fingerprint density at radius 1 is 1.23 bits per heavy atom. The summed E-state index contributed by atoms with van der Waals surface area (Å²) < 4.78 is 38.2. The van der Waals surface area contributed by atoms with Gasteiger partial charge < -0.3 is 22.3 Å². The fraction of sp³-hybridized carbons (Fsp3) is 0.600. The smallest absolute Gasteiger partial charge is 1.00 e. The van der Waals surface area contributed by atoms with Gasteiger partial charge in [-0.25, -0.2) is 0 Å². The minimum absolute atomic E-state index is 0. The molecule has 0 aliphatic carbocycles. The maximum Gasteiger partial charge on any atom is 1.00 e. The van der Waals surface area contributed by atoms with Crippen molar-refractivity contribution in [3.05, 3.63) is 35.9 Å². The van der Waals surface area contributed by atoms with Crippen LogP contribution in [-0.4, -0.2) is 52.9 Å². The molecular formula is C20H33N2NaO7S. The fourth-order valence-corrected chi connectivity index (χ4v) is 3.71. The number of carbonyl (C=O) groups excluding carboxylic acids is 2. The first kappa shape index (κ1) is 30.2. The van der Waals surface area contributed by atoms with Crippen LogP contribution in [0.2, 0.25) is 0 Å². The molecule has 1 aromatic rings. The monoisotopic (exact) mass is 468 g/mol. The first-order valence-corrected chi connectivity index (χ1v) is 11.1. The molecule has 5 N–H and O–H groups in total. The van der Waals surface area contributed by atoms with Crippen molar-refractivity contribution >= 4 is 21.9 Å². The van der Waals surface area contributed by atoms with Crippen LogP contribution in [0.4, 0.5) is 0 Å². The topological polar surface area (TPSA) is 156 Å². The van der Waals surface area contributed by atoms with E-state index in [0.717, 1.165) is 5.56 Å². The predicted octanol–water partition coefficient (Wildman–Crippen LogP) is -1.88. The minimum atomic E-state index is -5.19. The van der Waals surface area contributed by atoms with Gasteiger partial charge in [-0.2, -0.15) is 8.42 Å². The molecule has 0 aliphatic heterocycles. The van der Waals surface area contributed by atoms with Gasteiger partial charge >= 0.3 is 45.6 Å². The van der Waals surface area contributed by atoms with Crippen LogP contribution in [-0.2, 0) is 31.1 Å². The van der Waals surface area contributed by atoms with Gasteiger partial charge in [0.15, 0.2) is 5.78 Å². The van der Waals surface area contributed by atoms with Crippen molar-refractivity contribution < 1.29 is 63.4 Å². The first-order chi connectivity index (χ1) is 13.7. The summed E-state index contributed by atoms with van der Waals surface area (Å²) in [6.45, 7) is 6.17. The van der Waals surface area contributed by atoms with E-state index in [9.17, 15) is 27.7 Å². The molecular weight excluding hydrogens is 435 g/mol. The number of benzene rings is 1. The van der Waals surface area contributed by atoms with Gasteiger partial charge in [0.1, 0.15) is 6.61 Å². The Kier molecular flexibility index (Phi) is 12.1. The fourth-order valence-electron chi connectivity index (χ4n) is 2.87. The van der Waals surface area contributed by atoms with Crippen molar-refractivity contribution in [2.45, 2.75) is 63.7 Å².